The number of rotatable bonds is 16. The summed E-state index contributed by atoms with van der Waals surface area (Å²) in [6.07, 6.45) is 23.1. The molecule has 0 spiro atoms. The van der Waals surface area contributed by atoms with Crippen molar-refractivity contribution in [1.29, 1.82) is 0 Å². The molecule has 1 unspecified atom stereocenters. The minimum atomic E-state index is -1.97. The molecule has 8 heteroatoms. The molecule has 0 saturated heterocycles. The molecule has 3 aromatic rings. The number of hydrogen-bond acceptors (Lipinski definition) is 7. The Morgan fingerprint density at radius 3 is 1.17 bits per heavy atom. The standard InChI is InChI=1S/C38H39N3O4P/c1-5-20-39-32-17-8-26(23-35(32)43-29-11-12-29)38(46(4)42,27-9-18-33(40-21-6-2)36(24-27)44-30-13-14-30)28-10-19-34(41-22-7-3)37(25-28)45-31-15-16-31/h1-3,8-10,17-19,23-25,29-31,39-41H,11-16,20-22H2,4H3/q+1. The van der Waals surface area contributed by atoms with E-state index in [1.807, 2.05) is 54.6 Å². The molecule has 3 fully saturated rings. The van der Waals surface area contributed by atoms with Crippen LogP contribution in [-0.2, 0) is 9.72 Å². The fourth-order valence-electron chi connectivity index (χ4n) is 5.55. The van der Waals surface area contributed by atoms with Crippen LogP contribution in [0.2, 0.25) is 0 Å². The van der Waals surface area contributed by atoms with E-state index >= 15 is 0 Å². The number of terminal acetylenes is 3. The Labute approximate surface area is 273 Å². The largest absolute Gasteiger partial charge is 0.488 e. The number of nitrogens with one attached hydrogen (secondary N) is 3. The first-order valence-electron chi connectivity index (χ1n) is 15.8. The predicted octanol–water partition coefficient (Wildman–Crippen LogP) is 7.19. The van der Waals surface area contributed by atoms with Crippen LogP contribution < -0.4 is 30.2 Å². The maximum Gasteiger partial charge on any atom is 0.356 e. The third kappa shape index (κ3) is 6.89. The molecule has 3 aromatic carbocycles. The van der Waals surface area contributed by atoms with Crippen LogP contribution in [0.25, 0.3) is 0 Å². The zero-order chi connectivity index (χ0) is 32.1. The van der Waals surface area contributed by atoms with Crippen molar-refractivity contribution in [2.75, 3.05) is 42.2 Å². The lowest BCUT2D eigenvalue weighted by Gasteiger charge is -2.28. The van der Waals surface area contributed by atoms with Crippen LogP contribution in [0, 0.1) is 37.0 Å². The lowest BCUT2D eigenvalue weighted by atomic mass is 9.83. The Morgan fingerprint density at radius 2 is 0.935 bits per heavy atom. The van der Waals surface area contributed by atoms with E-state index in [4.69, 9.17) is 33.5 Å². The van der Waals surface area contributed by atoms with Crippen LogP contribution in [0.3, 0.4) is 0 Å². The molecule has 0 heterocycles. The third-order valence-electron chi connectivity index (χ3n) is 8.27. The first-order chi connectivity index (χ1) is 22.5. The van der Waals surface area contributed by atoms with Crippen LogP contribution in [-0.4, -0.2) is 44.6 Å². The van der Waals surface area contributed by atoms with Gasteiger partial charge in [0.2, 0.25) is 5.16 Å². The van der Waals surface area contributed by atoms with E-state index < -0.39 is 13.0 Å². The number of benzene rings is 3. The molecule has 7 nitrogen and oxygen atoms in total. The molecule has 0 radical (unpaired) electrons. The summed E-state index contributed by atoms with van der Waals surface area (Å²) >= 11 is 0. The second-order valence-electron chi connectivity index (χ2n) is 12.0. The summed E-state index contributed by atoms with van der Waals surface area (Å²) in [4.78, 5) is 0. The molecule has 46 heavy (non-hydrogen) atoms. The minimum Gasteiger partial charge on any atom is -0.488 e. The lowest BCUT2D eigenvalue weighted by molar-refractivity contribution is 0.303. The molecule has 1 atom stereocenters. The van der Waals surface area contributed by atoms with Crippen molar-refractivity contribution in [1.82, 2.24) is 0 Å². The molecular formula is C38H39N3O4P+. The Morgan fingerprint density at radius 1 is 0.630 bits per heavy atom. The molecule has 0 amide bonds. The van der Waals surface area contributed by atoms with Crippen molar-refractivity contribution in [2.45, 2.75) is 62.0 Å². The molecule has 234 valence electrons. The number of ether oxygens (including phenoxy) is 3. The fourth-order valence-corrected chi connectivity index (χ4v) is 7.06. The molecule has 3 aliphatic rings. The average molecular weight is 633 g/mol. The van der Waals surface area contributed by atoms with Gasteiger partial charge < -0.3 is 30.2 Å². The summed E-state index contributed by atoms with van der Waals surface area (Å²) in [6, 6.07) is 17.9. The highest BCUT2D eigenvalue weighted by molar-refractivity contribution is 7.45. The number of anilines is 3. The maximum atomic E-state index is 14.6. The SMILES string of the molecule is C#CCNc1ccc(C(c2ccc(NCC#C)c(OC3CC3)c2)(c2ccc(NCC#C)c(OC3CC3)c2)[P+](C)=O)cc1OC1CC1. The molecule has 3 N–H and O–H groups in total. The van der Waals surface area contributed by atoms with Gasteiger partial charge in [0.15, 0.2) is 0 Å². The number of hydrogen-bond donors (Lipinski definition) is 3. The van der Waals surface area contributed by atoms with Gasteiger partial charge in [-0.25, -0.2) is 0 Å². The molecule has 6 rings (SSSR count). The van der Waals surface area contributed by atoms with Crippen molar-refractivity contribution < 1.29 is 18.8 Å². The van der Waals surface area contributed by atoms with E-state index in [-0.39, 0.29) is 18.3 Å². The molecular weight excluding hydrogens is 593 g/mol. The Hall–Kier alpha value is -4.76. The summed E-state index contributed by atoms with van der Waals surface area (Å²) in [5.41, 5.74) is 4.86. The van der Waals surface area contributed by atoms with Gasteiger partial charge in [-0.1, -0.05) is 40.5 Å². The zero-order valence-electron chi connectivity index (χ0n) is 26.1. The zero-order valence-corrected chi connectivity index (χ0v) is 27.0. The van der Waals surface area contributed by atoms with Gasteiger partial charge in [0.25, 0.3) is 0 Å². The van der Waals surface area contributed by atoms with E-state index in [9.17, 15) is 4.57 Å². The van der Waals surface area contributed by atoms with Gasteiger partial charge in [0, 0.05) is 16.7 Å². The van der Waals surface area contributed by atoms with E-state index in [0.717, 1.165) is 72.3 Å². The van der Waals surface area contributed by atoms with Crippen molar-refractivity contribution in [3.8, 4) is 54.3 Å². The van der Waals surface area contributed by atoms with Crippen LogP contribution >= 0.6 is 7.80 Å². The van der Waals surface area contributed by atoms with Gasteiger partial charge >= 0.3 is 7.80 Å². The van der Waals surface area contributed by atoms with Gasteiger partial charge in [-0.3, -0.25) is 0 Å². The van der Waals surface area contributed by atoms with Gasteiger partial charge in [-0.2, -0.15) is 0 Å². The quantitative estimate of drug-likeness (QED) is 0.0876. The Bertz CT molecular complexity index is 1550. The molecule has 0 bridgehead atoms. The van der Waals surface area contributed by atoms with E-state index in [1.54, 1.807) is 6.66 Å². The van der Waals surface area contributed by atoms with Crippen LogP contribution in [0.1, 0.15) is 55.2 Å². The molecule has 0 aromatic heterocycles. The van der Waals surface area contributed by atoms with Crippen molar-refractivity contribution in [3.63, 3.8) is 0 Å². The van der Waals surface area contributed by atoms with E-state index in [2.05, 4.69) is 33.7 Å². The fraction of sp³-hybridized carbons (Fsp3) is 0.368. The van der Waals surface area contributed by atoms with Gasteiger partial charge in [-0.05, 0) is 74.9 Å². The van der Waals surface area contributed by atoms with Gasteiger partial charge in [-0.15, -0.1) is 19.3 Å². The first kappa shape index (κ1) is 31.2. The van der Waals surface area contributed by atoms with Gasteiger partial charge in [0.05, 0.1) is 55.0 Å². The van der Waals surface area contributed by atoms with Crippen LogP contribution in [0.15, 0.2) is 54.6 Å². The third-order valence-corrected chi connectivity index (χ3v) is 9.99. The Kier molecular flexibility index (Phi) is 9.30. The van der Waals surface area contributed by atoms with E-state index in [0.29, 0.717) is 36.9 Å². The monoisotopic (exact) mass is 632 g/mol. The topological polar surface area (TPSA) is 80.9 Å². The highest BCUT2D eigenvalue weighted by Gasteiger charge is 2.52. The summed E-state index contributed by atoms with van der Waals surface area (Å²) in [5, 5.41) is 8.77. The molecule has 3 aliphatic carbocycles. The summed E-state index contributed by atoms with van der Waals surface area (Å²) in [5.74, 6) is 9.97. The summed E-state index contributed by atoms with van der Waals surface area (Å²) in [6.45, 7) is 2.85. The molecule has 3 saturated carbocycles. The smallest absolute Gasteiger partial charge is 0.356 e. The Balaban J connectivity index is 1.56. The lowest BCUT2D eigenvalue weighted by Crippen LogP contribution is -2.26. The highest BCUT2D eigenvalue weighted by atomic mass is 31.1. The molecule has 0 aliphatic heterocycles. The first-order valence-corrected chi connectivity index (χ1v) is 17.5. The average Bonchev–Trinajstić information content (AvgIpc) is 3.89. The van der Waals surface area contributed by atoms with Crippen LogP contribution in [0.5, 0.6) is 17.2 Å². The summed E-state index contributed by atoms with van der Waals surface area (Å²) < 4.78 is 33.8. The van der Waals surface area contributed by atoms with Crippen molar-refractivity contribution in [3.05, 3.63) is 71.3 Å². The predicted molar refractivity (Wildman–Crippen MR) is 186 cm³/mol. The van der Waals surface area contributed by atoms with Crippen molar-refractivity contribution in [2.24, 2.45) is 0 Å². The highest BCUT2D eigenvalue weighted by Crippen LogP contribution is 2.58. The van der Waals surface area contributed by atoms with Gasteiger partial charge in [0.1, 0.15) is 23.9 Å². The van der Waals surface area contributed by atoms with E-state index in [1.165, 1.54) is 0 Å². The van der Waals surface area contributed by atoms with Crippen molar-refractivity contribution >= 4 is 24.9 Å². The normalized spacial score (nSPS) is 15.8. The maximum absolute atomic E-state index is 14.6. The second-order valence-corrected chi connectivity index (χ2v) is 13.6. The summed E-state index contributed by atoms with van der Waals surface area (Å²) in [7, 11) is -1.97. The van der Waals surface area contributed by atoms with Crippen LogP contribution in [0.4, 0.5) is 17.1 Å². The second kappa shape index (κ2) is 13.7. The minimum absolute atomic E-state index is 0.145.